The fourth-order valence-electron chi connectivity index (χ4n) is 2.04. The highest BCUT2D eigenvalue weighted by Gasteiger charge is 2.49. The van der Waals surface area contributed by atoms with Gasteiger partial charge in [-0.05, 0) is 47.3 Å². The highest BCUT2D eigenvalue weighted by molar-refractivity contribution is 9.10. The van der Waals surface area contributed by atoms with Gasteiger partial charge in [0.2, 0.25) is 6.08 Å². The Bertz CT molecular complexity index is 520. The van der Waals surface area contributed by atoms with Crippen LogP contribution in [0.25, 0.3) is 0 Å². The summed E-state index contributed by atoms with van der Waals surface area (Å²) < 4.78 is 19.3. The molecule has 0 saturated heterocycles. The van der Waals surface area contributed by atoms with Gasteiger partial charge in [-0.25, -0.2) is 9.18 Å². The minimum absolute atomic E-state index is 0.316. The Morgan fingerprint density at radius 3 is 2.71 bits per heavy atom. The van der Waals surface area contributed by atoms with Crippen molar-refractivity contribution in [3.63, 3.8) is 0 Å². The number of isocyanates is 1. The summed E-state index contributed by atoms with van der Waals surface area (Å²) in [6.07, 6.45) is 2.98. The minimum atomic E-state index is -0.654. The molecular weight excluding hydrogens is 289 g/mol. The van der Waals surface area contributed by atoms with E-state index in [1.807, 2.05) is 0 Å². The van der Waals surface area contributed by atoms with Crippen molar-refractivity contribution in [1.29, 1.82) is 0 Å². The van der Waals surface area contributed by atoms with Crippen molar-refractivity contribution in [3.05, 3.63) is 27.5 Å². The largest absolute Gasteiger partial charge is 0.496 e. The average Bonchev–Trinajstić information content (AvgIpc) is 3.04. The van der Waals surface area contributed by atoms with Crippen LogP contribution in [-0.2, 0) is 10.3 Å². The van der Waals surface area contributed by atoms with Crippen LogP contribution < -0.4 is 4.74 Å². The van der Waals surface area contributed by atoms with E-state index in [0.29, 0.717) is 34.2 Å². The van der Waals surface area contributed by atoms with Crippen LogP contribution in [0, 0.1) is 12.7 Å². The molecule has 0 N–H and O–H groups in total. The molecule has 90 valence electrons. The quantitative estimate of drug-likeness (QED) is 0.635. The third-order valence-electron chi connectivity index (χ3n) is 3.01. The van der Waals surface area contributed by atoms with E-state index in [9.17, 15) is 9.18 Å². The minimum Gasteiger partial charge on any atom is -0.496 e. The molecule has 2 rings (SSSR count). The Morgan fingerprint density at radius 1 is 1.59 bits per heavy atom. The van der Waals surface area contributed by atoms with E-state index in [1.54, 1.807) is 13.0 Å². The van der Waals surface area contributed by atoms with Crippen LogP contribution in [0.2, 0.25) is 0 Å². The van der Waals surface area contributed by atoms with Crippen molar-refractivity contribution < 1.29 is 13.9 Å². The zero-order valence-corrected chi connectivity index (χ0v) is 11.1. The molecule has 1 aromatic carbocycles. The molecule has 1 fully saturated rings. The molecule has 0 bridgehead atoms. The van der Waals surface area contributed by atoms with Gasteiger partial charge in [0.1, 0.15) is 17.1 Å². The van der Waals surface area contributed by atoms with Crippen molar-refractivity contribution in [2.24, 2.45) is 4.99 Å². The number of rotatable bonds is 3. The lowest BCUT2D eigenvalue weighted by molar-refractivity contribution is 0.398. The van der Waals surface area contributed by atoms with Gasteiger partial charge >= 0.3 is 0 Å². The van der Waals surface area contributed by atoms with E-state index in [1.165, 1.54) is 13.2 Å². The molecule has 5 heteroatoms. The Kier molecular flexibility index (Phi) is 3.06. The van der Waals surface area contributed by atoms with Gasteiger partial charge in [0, 0.05) is 5.56 Å². The van der Waals surface area contributed by atoms with Crippen LogP contribution in [0.1, 0.15) is 24.0 Å². The standard InChI is InChI=1S/C12H11BrFNO2/c1-7-5-8(14)10(13)9(11(7)17-2)12(3-4-12)15-6-16/h5H,3-4H2,1-2H3. The second-order valence-corrected chi connectivity index (χ2v) is 4.93. The van der Waals surface area contributed by atoms with Crippen molar-refractivity contribution in [1.82, 2.24) is 0 Å². The van der Waals surface area contributed by atoms with E-state index < -0.39 is 5.54 Å². The van der Waals surface area contributed by atoms with Gasteiger partial charge in [-0.15, -0.1) is 0 Å². The Morgan fingerprint density at radius 2 is 2.24 bits per heavy atom. The fraction of sp³-hybridized carbons (Fsp3) is 0.417. The molecule has 0 aromatic heterocycles. The second kappa shape index (κ2) is 4.24. The summed E-state index contributed by atoms with van der Waals surface area (Å²) in [6.45, 7) is 1.76. The summed E-state index contributed by atoms with van der Waals surface area (Å²) in [5.74, 6) is 0.209. The molecule has 0 heterocycles. The zero-order valence-electron chi connectivity index (χ0n) is 9.51. The molecule has 0 unspecified atom stereocenters. The molecule has 1 aromatic rings. The van der Waals surface area contributed by atoms with Crippen molar-refractivity contribution in [2.45, 2.75) is 25.3 Å². The van der Waals surface area contributed by atoms with E-state index in [0.717, 1.165) is 0 Å². The summed E-state index contributed by atoms with van der Waals surface area (Å²) >= 11 is 3.21. The number of carbonyl (C=O) groups excluding carboxylic acids is 1. The van der Waals surface area contributed by atoms with Gasteiger partial charge < -0.3 is 4.74 Å². The fourth-order valence-corrected chi connectivity index (χ4v) is 2.70. The Labute approximate surface area is 107 Å². The van der Waals surface area contributed by atoms with Gasteiger partial charge in [0.05, 0.1) is 11.6 Å². The monoisotopic (exact) mass is 299 g/mol. The summed E-state index contributed by atoms with van der Waals surface area (Å²) in [4.78, 5) is 14.3. The van der Waals surface area contributed by atoms with E-state index in [2.05, 4.69) is 20.9 Å². The van der Waals surface area contributed by atoms with Gasteiger partial charge in [-0.2, -0.15) is 4.99 Å². The molecule has 0 spiro atoms. The van der Waals surface area contributed by atoms with Gasteiger partial charge in [0.25, 0.3) is 0 Å². The first-order chi connectivity index (χ1) is 8.05. The van der Waals surface area contributed by atoms with Crippen LogP contribution in [0.4, 0.5) is 4.39 Å². The maximum atomic E-state index is 13.7. The van der Waals surface area contributed by atoms with Crippen LogP contribution in [0.3, 0.4) is 0 Å². The van der Waals surface area contributed by atoms with Crippen LogP contribution in [-0.4, -0.2) is 13.2 Å². The first-order valence-electron chi connectivity index (χ1n) is 5.18. The maximum Gasteiger partial charge on any atom is 0.235 e. The topological polar surface area (TPSA) is 38.7 Å². The smallest absolute Gasteiger partial charge is 0.235 e. The number of hydrogen-bond donors (Lipinski definition) is 0. The molecular formula is C12H11BrFNO2. The van der Waals surface area contributed by atoms with Gasteiger partial charge in [-0.3, -0.25) is 0 Å². The van der Waals surface area contributed by atoms with E-state index in [-0.39, 0.29) is 5.82 Å². The third kappa shape index (κ3) is 1.90. The first kappa shape index (κ1) is 12.3. The lowest BCUT2D eigenvalue weighted by Crippen LogP contribution is -2.09. The Balaban J connectivity index is 2.71. The molecule has 17 heavy (non-hydrogen) atoms. The van der Waals surface area contributed by atoms with Crippen LogP contribution in [0.5, 0.6) is 5.75 Å². The Hall–Kier alpha value is -1.19. The number of methoxy groups -OCH3 is 1. The highest BCUT2D eigenvalue weighted by atomic mass is 79.9. The predicted octanol–water partition coefficient (Wildman–Crippen LogP) is 3.23. The second-order valence-electron chi connectivity index (χ2n) is 4.13. The van der Waals surface area contributed by atoms with Crippen LogP contribution in [0.15, 0.2) is 15.5 Å². The molecule has 1 aliphatic rings. The lowest BCUT2D eigenvalue weighted by Gasteiger charge is -2.18. The van der Waals surface area contributed by atoms with Gasteiger partial charge in [0.15, 0.2) is 0 Å². The molecule has 3 nitrogen and oxygen atoms in total. The first-order valence-corrected chi connectivity index (χ1v) is 5.97. The molecule has 0 atom stereocenters. The zero-order chi connectivity index (χ0) is 12.6. The van der Waals surface area contributed by atoms with Crippen molar-refractivity contribution in [3.8, 4) is 5.75 Å². The summed E-state index contributed by atoms with van der Waals surface area (Å²) in [6, 6.07) is 1.40. The molecule has 0 amide bonds. The number of benzene rings is 1. The number of nitrogens with zero attached hydrogens (tertiary/aromatic N) is 1. The van der Waals surface area contributed by atoms with Crippen molar-refractivity contribution in [2.75, 3.05) is 7.11 Å². The predicted molar refractivity (Wildman–Crippen MR) is 64.4 cm³/mol. The summed E-state index contributed by atoms with van der Waals surface area (Å²) in [5.41, 5.74) is 0.648. The highest BCUT2D eigenvalue weighted by Crippen LogP contribution is 2.55. The number of ether oxygens (including phenoxy) is 1. The van der Waals surface area contributed by atoms with Crippen molar-refractivity contribution >= 4 is 22.0 Å². The number of aliphatic imine (C=N–C) groups is 1. The third-order valence-corrected chi connectivity index (χ3v) is 3.79. The lowest BCUT2D eigenvalue weighted by atomic mass is 10.0. The molecule has 1 aliphatic carbocycles. The summed E-state index contributed by atoms with van der Waals surface area (Å²) in [5, 5.41) is 0. The SMILES string of the molecule is COc1c(C)cc(F)c(Br)c1C1(N=C=O)CC1. The molecule has 0 radical (unpaired) electrons. The van der Waals surface area contributed by atoms with E-state index in [4.69, 9.17) is 4.74 Å². The molecule has 0 aliphatic heterocycles. The van der Waals surface area contributed by atoms with Gasteiger partial charge in [-0.1, -0.05) is 0 Å². The normalized spacial score (nSPS) is 16.2. The maximum absolute atomic E-state index is 13.7. The number of aryl methyl sites for hydroxylation is 1. The average molecular weight is 300 g/mol. The number of halogens is 2. The number of hydrogen-bond acceptors (Lipinski definition) is 3. The van der Waals surface area contributed by atoms with Crippen LogP contribution >= 0.6 is 15.9 Å². The summed E-state index contributed by atoms with van der Waals surface area (Å²) in [7, 11) is 1.52. The van der Waals surface area contributed by atoms with E-state index >= 15 is 0 Å². The molecule has 1 saturated carbocycles.